The van der Waals surface area contributed by atoms with Gasteiger partial charge in [-0.15, -0.1) is 0 Å². The van der Waals surface area contributed by atoms with E-state index < -0.39 is 18.6 Å². The molecule has 0 radical (unpaired) electrons. The predicted octanol–water partition coefficient (Wildman–Crippen LogP) is 2.12. The normalized spacial score (nSPS) is 20.8. The molecule has 1 aromatic rings. The number of piperidine rings is 1. The van der Waals surface area contributed by atoms with E-state index in [0.29, 0.717) is 32.5 Å². The molecule has 9 heteroatoms. The van der Waals surface area contributed by atoms with Crippen molar-refractivity contribution >= 4 is 17.5 Å². The zero-order chi connectivity index (χ0) is 21.6. The summed E-state index contributed by atoms with van der Waals surface area (Å²) in [5, 5.41) is 2.74. The summed E-state index contributed by atoms with van der Waals surface area (Å²) >= 11 is 0. The molecule has 2 heterocycles. The number of nitrogens with zero attached hydrogens (tertiary/aromatic N) is 3. The van der Waals surface area contributed by atoms with Crippen LogP contribution in [0.2, 0.25) is 0 Å². The molecule has 2 aliphatic heterocycles. The Bertz CT molecular complexity index is 706. The number of amides is 2. The second kappa shape index (κ2) is 10.1. The first-order valence-corrected chi connectivity index (χ1v) is 10.5. The van der Waals surface area contributed by atoms with Crippen LogP contribution in [0, 0.1) is 5.92 Å². The first kappa shape index (κ1) is 22.4. The van der Waals surface area contributed by atoms with Gasteiger partial charge in [0.2, 0.25) is 11.8 Å². The highest BCUT2D eigenvalue weighted by atomic mass is 19.4. The van der Waals surface area contributed by atoms with Crippen LogP contribution < -0.4 is 10.2 Å². The molecule has 2 aliphatic rings. The largest absolute Gasteiger partial charge is 0.401 e. The van der Waals surface area contributed by atoms with E-state index in [1.54, 1.807) is 4.90 Å². The number of hydrogen-bond donors (Lipinski definition) is 1. The molecule has 2 fully saturated rings. The fourth-order valence-electron chi connectivity index (χ4n) is 4.11. The van der Waals surface area contributed by atoms with Crippen LogP contribution in [0.25, 0.3) is 0 Å². The maximum atomic E-state index is 12.6. The molecule has 1 N–H and O–H groups in total. The molecule has 0 saturated carbocycles. The first-order chi connectivity index (χ1) is 14.3. The topological polar surface area (TPSA) is 55.9 Å². The van der Waals surface area contributed by atoms with Gasteiger partial charge in [-0.05, 0) is 31.5 Å². The Morgan fingerprint density at radius 3 is 2.40 bits per heavy atom. The van der Waals surface area contributed by atoms with Crippen LogP contribution in [0.5, 0.6) is 0 Å². The molecule has 1 unspecified atom stereocenters. The fraction of sp³-hybridized carbons (Fsp3) is 0.619. The monoisotopic (exact) mass is 426 g/mol. The number of benzene rings is 1. The van der Waals surface area contributed by atoms with E-state index in [-0.39, 0.29) is 31.3 Å². The Kier molecular flexibility index (Phi) is 7.58. The number of alkyl halides is 3. The quantitative estimate of drug-likeness (QED) is 0.757. The van der Waals surface area contributed by atoms with Crippen molar-refractivity contribution in [2.24, 2.45) is 5.92 Å². The zero-order valence-electron chi connectivity index (χ0n) is 17.0. The van der Waals surface area contributed by atoms with Gasteiger partial charge in [0.15, 0.2) is 0 Å². The van der Waals surface area contributed by atoms with Gasteiger partial charge in [0.1, 0.15) is 0 Å². The number of piperazine rings is 1. The van der Waals surface area contributed by atoms with Gasteiger partial charge in [-0.2, -0.15) is 13.2 Å². The van der Waals surface area contributed by atoms with Gasteiger partial charge >= 0.3 is 6.18 Å². The number of rotatable bonds is 6. The maximum absolute atomic E-state index is 12.6. The van der Waals surface area contributed by atoms with E-state index >= 15 is 0 Å². The van der Waals surface area contributed by atoms with E-state index in [1.165, 1.54) is 4.90 Å². The van der Waals surface area contributed by atoms with Gasteiger partial charge in [-0.1, -0.05) is 18.2 Å². The summed E-state index contributed by atoms with van der Waals surface area (Å²) in [6.45, 7) is 2.50. The van der Waals surface area contributed by atoms with Crippen molar-refractivity contribution < 1.29 is 22.8 Å². The molecule has 0 aromatic heterocycles. The third-order valence-corrected chi connectivity index (χ3v) is 5.67. The van der Waals surface area contributed by atoms with Gasteiger partial charge in [0.05, 0.1) is 12.5 Å². The van der Waals surface area contributed by atoms with Crippen molar-refractivity contribution in [3.05, 3.63) is 30.3 Å². The molecule has 2 saturated heterocycles. The van der Waals surface area contributed by atoms with Crippen molar-refractivity contribution in [2.45, 2.75) is 25.4 Å². The van der Waals surface area contributed by atoms with Gasteiger partial charge in [0, 0.05) is 51.4 Å². The maximum Gasteiger partial charge on any atom is 0.401 e. The summed E-state index contributed by atoms with van der Waals surface area (Å²) < 4.78 is 37.7. The van der Waals surface area contributed by atoms with Gasteiger partial charge in [-0.25, -0.2) is 0 Å². The summed E-state index contributed by atoms with van der Waals surface area (Å²) in [4.78, 5) is 30.1. The van der Waals surface area contributed by atoms with E-state index in [9.17, 15) is 22.8 Å². The average Bonchev–Trinajstić information content (AvgIpc) is 2.73. The number of hydrogen-bond acceptors (Lipinski definition) is 4. The highest BCUT2D eigenvalue weighted by molar-refractivity contribution is 5.81. The Labute approximate surface area is 175 Å². The molecular formula is C21H29F3N4O2. The SMILES string of the molecule is O=C(NCCC(=O)N1CCN(c2ccccc2)CC1)C1CCCN(CC(F)(F)F)C1. The molecule has 30 heavy (non-hydrogen) atoms. The third-order valence-electron chi connectivity index (χ3n) is 5.67. The number of halogens is 3. The average molecular weight is 426 g/mol. The Morgan fingerprint density at radius 1 is 1.03 bits per heavy atom. The van der Waals surface area contributed by atoms with Crippen LogP contribution in [-0.2, 0) is 9.59 Å². The highest BCUT2D eigenvalue weighted by Crippen LogP contribution is 2.22. The van der Waals surface area contributed by atoms with Crippen molar-refractivity contribution in [3.63, 3.8) is 0 Å². The Morgan fingerprint density at radius 2 is 1.73 bits per heavy atom. The Balaban J connectivity index is 1.36. The minimum absolute atomic E-state index is 0.00893. The van der Waals surface area contributed by atoms with E-state index in [4.69, 9.17) is 0 Å². The zero-order valence-corrected chi connectivity index (χ0v) is 17.0. The summed E-state index contributed by atoms with van der Waals surface area (Å²) in [5.74, 6) is -0.723. The summed E-state index contributed by atoms with van der Waals surface area (Å²) in [6, 6.07) is 10.1. The van der Waals surface area contributed by atoms with Crippen molar-refractivity contribution in [2.75, 3.05) is 57.3 Å². The summed E-state index contributed by atoms with van der Waals surface area (Å²) in [6.07, 6.45) is -2.90. The smallest absolute Gasteiger partial charge is 0.368 e. The first-order valence-electron chi connectivity index (χ1n) is 10.5. The second-order valence-electron chi connectivity index (χ2n) is 7.93. The minimum atomic E-state index is -4.25. The number of likely N-dealkylation sites (tertiary alicyclic amines) is 1. The van der Waals surface area contributed by atoms with Crippen molar-refractivity contribution in [1.82, 2.24) is 15.1 Å². The van der Waals surface area contributed by atoms with Gasteiger partial charge in [0.25, 0.3) is 0 Å². The number of para-hydroxylation sites is 1. The minimum Gasteiger partial charge on any atom is -0.368 e. The number of carbonyl (C=O) groups is 2. The molecular weight excluding hydrogens is 397 g/mol. The van der Waals surface area contributed by atoms with Crippen LogP contribution in [0.4, 0.5) is 18.9 Å². The van der Waals surface area contributed by atoms with Crippen LogP contribution in [0.1, 0.15) is 19.3 Å². The van der Waals surface area contributed by atoms with Crippen molar-refractivity contribution in [3.8, 4) is 0 Å². The molecule has 1 aromatic carbocycles. The molecule has 3 rings (SSSR count). The lowest BCUT2D eigenvalue weighted by atomic mass is 9.97. The standard InChI is InChI=1S/C21H29F3N4O2/c22-21(23,24)16-26-10-4-5-17(15-26)20(30)25-9-8-19(29)28-13-11-27(12-14-28)18-6-2-1-3-7-18/h1-3,6-7,17H,4-5,8-16H2,(H,25,30). The number of nitrogens with one attached hydrogen (secondary N) is 1. The summed E-state index contributed by atoms with van der Waals surface area (Å²) in [7, 11) is 0. The van der Waals surface area contributed by atoms with Crippen LogP contribution in [0.15, 0.2) is 30.3 Å². The molecule has 2 amide bonds. The molecule has 166 valence electrons. The van der Waals surface area contributed by atoms with Crippen LogP contribution >= 0.6 is 0 Å². The van der Waals surface area contributed by atoms with E-state index in [0.717, 1.165) is 18.8 Å². The van der Waals surface area contributed by atoms with Gasteiger partial charge < -0.3 is 15.1 Å². The lowest BCUT2D eigenvalue weighted by molar-refractivity contribution is -0.152. The highest BCUT2D eigenvalue weighted by Gasteiger charge is 2.34. The number of carbonyl (C=O) groups excluding carboxylic acids is 2. The lowest BCUT2D eigenvalue weighted by Gasteiger charge is -2.36. The van der Waals surface area contributed by atoms with E-state index in [1.807, 2.05) is 30.3 Å². The summed E-state index contributed by atoms with van der Waals surface area (Å²) in [5.41, 5.74) is 1.14. The van der Waals surface area contributed by atoms with Gasteiger partial charge in [-0.3, -0.25) is 14.5 Å². The number of anilines is 1. The molecule has 0 spiro atoms. The molecule has 0 aliphatic carbocycles. The molecule has 0 bridgehead atoms. The second-order valence-corrected chi connectivity index (χ2v) is 7.93. The fourth-order valence-corrected chi connectivity index (χ4v) is 4.11. The van der Waals surface area contributed by atoms with Crippen LogP contribution in [0.3, 0.4) is 0 Å². The lowest BCUT2D eigenvalue weighted by Crippen LogP contribution is -2.49. The van der Waals surface area contributed by atoms with Crippen LogP contribution in [-0.4, -0.2) is 80.1 Å². The molecule has 1 atom stereocenters. The Hall–Kier alpha value is -2.29. The van der Waals surface area contributed by atoms with Crippen molar-refractivity contribution in [1.29, 1.82) is 0 Å². The third kappa shape index (κ3) is 6.62. The predicted molar refractivity (Wildman–Crippen MR) is 108 cm³/mol. The van der Waals surface area contributed by atoms with E-state index in [2.05, 4.69) is 10.2 Å². The molecule has 6 nitrogen and oxygen atoms in total.